The van der Waals surface area contributed by atoms with E-state index < -0.39 is 0 Å². The van der Waals surface area contributed by atoms with Crippen molar-refractivity contribution in [1.29, 1.82) is 0 Å². The van der Waals surface area contributed by atoms with Crippen LogP contribution in [0.5, 0.6) is 0 Å². The summed E-state index contributed by atoms with van der Waals surface area (Å²) in [6, 6.07) is 0. The first-order valence-electron chi connectivity index (χ1n) is 8.12. The van der Waals surface area contributed by atoms with E-state index in [1.807, 2.05) is 11.8 Å². The van der Waals surface area contributed by atoms with E-state index in [0.29, 0.717) is 18.2 Å². The Morgan fingerprint density at radius 1 is 1.23 bits per heavy atom. The molecule has 5 heteroatoms. The summed E-state index contributed by atoms with van der Waals surface area (Å²) in [6.45, 7) is 7.35. The van der Waals surface area contributed by atoms with Gasteiger partial charge in [-0.05, 0) is 32.6 Å². The van der Waals surface area contributed by atoms with E-state index in [0.717, 1.165) is 56.1 Å². The van der Waals surface area contributed by atoms with Crippen LogP contribution in [0.4, 0.5) is 5.82 Å². The van der Waals surface area contributed by atoms with Crippen LogP contribution in [0.1, 0.15) is 30.5 Å². The van der Waals surface area contributed by atoms with Crippen LogP contribution in [0, 0.1) is 19.8 Å². The number of anilines is 1. The van der Waals surface area contributed by atoms with Crippen molar-refractivity contribution in [3.8, 4) is 0 Å². The summed E-state index contributed by atoms with van der Waals surface area (Å²) in [4.78, 5) is 25.3. The molecule has 0 saturated carbocycles. The minimum absolute atomic E-state index is 0.298. The Kier molecular flexibility index (Phi) is 4.41. The minimum atomic E-state index is 0.298. The highest BCUT2D eigenvalue weighted by Crippen LogP contribution is 2.23. The third-order valence-corrected chi connectivity index (χ3v) is 4.79. The van der Waals surface area contributed by atoms with Crippen LogP contribution in [0.2, 0.25) is 0 Å². The molecule has 1 aliphatic heterocycles. The lowest BCUT2D eigenvalue weighted by Gasteiger charge is -2.36. The van der Waals surface area contributed by atoms with Crippen molar-refractivity contribution in [2.75, 3.05) is 31.1 Å². The molecule has 1 saturated heterocycles. The van der Waals surface area contributed by atoms with Crippen molar-refractivity contribution in [2.24, 2.45) is 5.92 Å². The van der Waals surface area contributed by atoms with Gasteiger partial charge in [-0.2, -0.15) is 0 Å². The lowest BCUT2D eigenvalue weighted by atomic mass is 10.0. The van der Waals surface area contributed by atoms with Gasteiger partial charge in [-0.25, -0.2) is 9.97 Å². The van der Waals surface area contributed by atoms with Gasteiger partial charge in [0, 0.05) is 43.9 Å². The van der Waals surface area contributed by atoms with E-state index >= 15 is 0 Å². The molecule has 1 aromatic rings. The molecule has 1 aromatic heterocycles. The molecule has 0 aromatic carbocycles. The summed E-state index contributed by atoms with van der Waals surface area (Å²) < 4.78 is 0. The van der Waals surface area contributed by atoms with Gasteiger partial charge in [0.2, 0.25) is 5.91 Å². The van der Waals surface area contributed by atoms with Crippen molar-refractivity contribution >= 4 is 11.7 Å². The first kappa shape index (κ1) is 15.0. The fourth-order valence-corrected chi connectivity index (χ4v) is 3.23. The highest BCUT2D eigenvalue weighted by atomic mass is 16.2. The van der Waals surface area contributed by atoms with E-state index in [9.17, 15) is 4.79 Å². The Hall–Kier alpha value is -1.91. The SMILES string of the molecule is Cc1ncnc(N2CCN(C(=O)CC3C=CCC3)CC2)c1C. The maximum Gasteiger partial charge on any atom is 0.223 e. The number of carbonyl (C=O) groups excluding carboxylic acids is 1. The van der Waals surface area contributed by atoms with Gasteiger partial charge in [-0.1, -0.05) is 12.2 Å². The lowest BCUT2D eigenvalue weighted by Crippen LogP contribution is -2.49. The van der Waals surface area contributed by atoms with Gasteiger partial charge >= 0.3 is 0 Å². The van der Waals surface area contributed by atoms with Crippen molar-refractivity contribution in [3.63, 3.8) is 0 Å². The number of nitrogens with zero attached hydrogens (tertiary/aromatic N) is 4. The monoisotopic (exact) mass is 300 g/mol. The first-order chi connectivity index (χ1) is 10.6. The molecule has 2 aliphatic rings. The quantitative estimate of drug-likeness (QED) is 0.802. The van der Waals surface area contributed by atoms with Crippen LogP contribution in [0.25, 0.3) is 0 Å². The normalized spacial score (nSPS) is 21.5. The summed E-state index contributed by atoms with van der Waals surface area (Å²) in [7, 11) is 0. The zero-order valence-electron chi connectivity index (χ0n) is 13.5. The molecule has 1 atom stereocenters. The van der Waals surface area contributed by atoms with Crippen LogP contribution in [-0.4, -0.2) is 47.0 Å². The summed E-state index contributed by atoms with van der Waals surface area (Å²) in [6.07, 6.45) is 8.93. The largest absolute Gasteiger partial charge is 0.353 e. The maximum atomic E-state index is 12.4. The molecule has 3 rings (SSSR count). The topological polar surface area (TPSA) is 49.3 Å². The van der Waals surface area contributed by atoms with Crippen molar-refractivity contribution in [3.05, 3.63) is 29.7 Å². The van der Waals surface area contributed by atoms with E-state index in [1.165, 1.54) is 0 Å². The zero-order valence-corrected chi connectivity index (χ0v) is 13.5. The second-order valence-electron chi connectivity index (χ2n) is 6.25. The van der Waals surface area contributed by atoms with Gasteiger partial charge in [-0.3, -0.25) is 4.79 Å². The highest BCUT2D eigenvalue weighted by Gasteiger charge is 2.25. The van der Waals surface area contributed by atoms with Gasteiger partial charge in [0.25, 0.3) is 0 Å². The van der Waals surface area contributed by atoms with Gasteiger partial charge in [0.05, 0.1) is 0 Å². The molecule has 0 N–H and O–H groups in total. The number of carbonyl (C=O) groups is 1. The number of aryl methyl sites for hydroxylation is 1. The molecule has 2 heterocycles. The predicted molar refractivity (Wildman–Crippen MR) is 86.8 cm³/mol. The second kappa shape index (κ2) is 6.46. The summed E-state index contributed by atoms with van der Waals surface area (Å²) in [5.74, 6) is 1.77. The Morgan fingerprint density at radius 3 is 2.68 bits per heavy atom. The summed E-state index contributed by atoms with van der Waals surface area (Å²) in [5.41, 5.74) is 2.16. The third-order valence-electron chi connectivity index (χ3n) is 4.79. The molecule has 1 aliphatic carbocycles. The van der Waals surface area contributed by atoms with Gasteiger partial charge in [-0.15, -0.1) is 0 Å². The molecule has 1 fully saturated rings. The Balaban J connectivity index is 1.56. The molecular formula is C17H24N4O. The molecule has 0 radical (unpaired) electrons. The zero-order chi connectivity index (χ0) is 15.5. The van der Waals surface area contributed by atoms with Gasteiger partial charge in [0.1, 0.15) is 12.1 Å². The Labute approximate surface area is 132 Å². The van der Waals surface area contributed by atoms with E-state index in [4.69, 9.17) is 0 Å². The van der Waals surface area contributed by atoms with Crippen LogP contribution >= 0.6 is 0 Å². The van der Waals surface area contributed by atoms with E-state index in [-0.39, 0.29) is 0 Å². The number of allylic oxidation sites excluding steroid dienone is 2. The van der Waals surface area contributed by atoms with Crippen LogP contribution in [0.15, 0.2) is 18.5 Å². The Bertz CT molecular complexity index is 576. The van der Waals surface area contributed by atoms with Crippen LogP contribution in [0.3, 0.4) is 0 Å². The molecule has 1 unspecified atom stereocenters. The smallest absolute Gasteiger partial charge is 0.223 e. The standard InChI is InChI=1S/C17H24N4O/c1-13-14(2)18-12-19-17(13)21-9-7-20(8-10-21)16(22)11-15-5-3-4-6-15/h3,5,12,15H,4,6-11H2,1-2H3. The van der Waals surface area contributed by atoms with Crippen LogP contribution in [-0.2, 0) is 4.79 Å². The molecule has 0 spiro atoms. The average Bonchev–Trinajstić information content (AvgIpc) is 3.03. The number of hydrogen-bond donors (Lipinski definition) is 0. The molecule has 1 amide bonds. The Morgan fingerprint density at radius 2 is 2.00 bits per heavy atom. The highest BCUT2D eigenvalue weighted by molar-refractivity contribution is 5.77. The summed E-state index contributed by atoms with van der Waals surface area (Å²) in [5, 5.41) is 0. The number of rotatable bonds is 3. The molecule has 5 nitrogen and oxygen atoms in total. The second-order valence-corrected chi connectivity index (χ2v) is 6.25. The lowest BCUT2D eigenvalue weighted by molar-refractivity contribution is -0.132. The van der Waals surface area contributed by atoms with Gasteiger partial charge < -0.3 is 9.80 Å². The van der Waals surface area contributed by atoms with Gasteiger partial charge in [0.15, 0.2) is 0 Å². The molecular weight excluding hydrogens is 276 g/mol. The number of hydrogen-bond acceptors (Lipinski definition) is 4. The van der Waals surface area contributed by atoms with Crippen molar-refractivity contribution in [1.82, 2.24) is 14.9 Å². The maximum absolute atomic E-state index is 12.4. The number of piperazine rings is 1. The van der Waals surface area contributed by atoms with Crippen LogP contribution < -0.4 is 4.90 Å². The minimum Gasteiger partial charge on any atom is -0.353 e. The molecule has 118 valence electrons. The predicted octanol–water partition coefficient (Wildman–Crippen LogP) is 2.10. The fraction of sp³-hybridized carbons (Fsp3) is 0.588. The number of aromatic nitrogens is 2. The molecule has 22 heavy (non-hydrogen) atoms. The summed E-state index contributed by atoms with van der Waals surface area (Å²) >= 11 is 0. The van der Waals surface area contributed by atoms with E-state index in [2.05, 4.69) is 33.9 Å². The third kappa shape index (κ3) is 3.13. The average molecular weight is 300 g/mol. The van der Waals surface area contributed by atoms with Crippen molar-refractivity contribution < 1.29 is 4.79 Å². The van der Waals surface area contributed by atoms with Crippen molar-refractivity contribution in [2.45, 2.75) is 33.1 Å². The fourth-order valence-electron chi connectivity index (χ4n) is 3.23. The molecule has 0 bridgehead atoms. The van der Waals surface area contributed by atoms with E-state index in [1.54, 1.807) is 6.33 Å². The number of amides is 1. The first-order valence-corrected chi connectivity index (χ1v) is 8.12.